The molecule has 0 saturated carbocycles. The number of ether oxygens (including phenoxy) is 1. The average Bonchev–Trinajstić information content (AvgIpc) is 2.24. The van der Waals surface area contributed by atoms with Crippen molar-refractivity contribution >= 4 is 0 Å². The molecule has 0 aromatic heterocycles. The van der Waals surface area contributed by atoms with Gasteiger partial charge in [-0.25, -0.2) is 0 Å². The molecule has 0 aliphatic carbocycles. The molecule has 1 fully saturated rings. The van der Waals surface area contributed by atoms with E-state index in [0.717, 1.165) is 18.8 Å². The Morgan fingerprint density at radius 3 is 2.67 bits per heavy atom. The van der Waals surface area contributed by atoms with Gasteiger partial charge in [-0.1, -0.05) is 18.2 Å². The summed E-state index contributed by atoms with van der Waals surface area (Å²) >= 11 is 0. The highest BCUT2D eigenvalue weighted by Gasteiger charge is 2.30. The Morgan fingerprint density at radius 1 is 1.40 bits per heavy atom. The van der Waals surface area contributed by atoms with Gasteiger partial charge in [0.25, 0.3) is 0 Å². The molecule has 1 aliphatic rings. The fourth-order valence-corrected chi connectivity index (χ4v) is 2.01. The number of nitrogens with zero attached hydrogens (tertiary/aromatic N) is 1. The molecule has 82 valence electrons. The molecule has 2 rings (SSSR count). The second-order valence-electron chi connectivity index (χ2n) is 4.03. The number of likely N-dealkylation sites (tertiary alicyclic amines) is 1. The number of rotatable bonds is 3. The predicted molar refractivity (Wildman–Crippen MR) is 59.0 cm³/mol. The zero-order chi connectivity index (χ0) is 10.8. The first-order valence-corrected chi connectivity index (χ1v) is 5.27. The quantitative estimate of drug-likeness (QED) is 0.814. The Morgan fingerprint density at radius 2 is 2.07 bits per heavy atom. The van der Waals surface area contributed by atoms with Crippen molar-refractivity contribution in [2.45, 2.75) is 19.1 Å². The van der Waals surface area contributed by atoms with Gasteiger partial charge in [0.05, 0.1) is 13.2 Å². The molecular formula is C12H17NO2. The van der Waals surface area contributed by atoms with Gasteiger partial charge in [-0.2, -0.15) is 0 Å². The lowest BCUT2D eigenvalue weighted by atomic mass is 10.0. The van der Waals surface area contributed by atoms with Crippen molar-refractivity contribution in [2.75, 3.05) is 20.2 Å². The Labute approximate surface area is 90.3 Å². The van der Waals surface area contributed by atoms with Crippen molar-refractivity contribution in [1.82, 2.24) is 4.90 Å². The molecule has 1 N–H and O–H groups in total. The number of aliphatic hydroxyl groups excluding tert-OH is 1. The van der Waals surface area contributed by atoms with E-state index in [2.05, 4.69) is 17.9 Å². The Hall–Kier alpha value is -1.06. The number of hydrogen-bond donors (Lipinski definition) is 1. The van der Waals surface area contributed by atoms with Crippen LogP contribution >= 0.6 is 0 Å². The Kier molecular flexibility index (Phi) is 2.93. The summed E-state index contributed by atoms with van der Waals surface area (Å²) in [6.07, 6.45) is -0.151. The van der Waals surface area contributed by atoms with E-state index < -0.39 is 0 Å². The number of hydrogen-bond acceptors (Lipinski definition) is 3. The van der Waals surface area contributed by atoms with E-state index >= 15 is 0 Å². The van der Waals surface area contributed by atoms with Crippen molar-refractivity contribution in [2.24, 2.45) is 0 Å². The summed E-state index contributed by atoms with van der Waals surface area (Å²) in [5.74, 6) is 0.923. The molecule has 1 aromatic rings. The fourth-order valence-electron chi connectivity index (χ4n) is 2.01. The van der Waals surface area contributed by atoms with E-state index in [1.165, 1.54) is 5.56 Å². The molecule has 1 aliphatic heterocycles. The number of benzene rings is 1. The van der Waals surface area contributed by atoms with Crippen molar-refractivity contribution < 1.29 is 9.84 Å². The highest BCUT2D eigenvalue weighted by Crippen LogP contribution is 2.31. The van der Waals surface area contributed by atoms with Gasteiger partial charge >= 0.3 is 0 Å². The number of aliphatic hydroxyl groups is 1. The van der Waals surface area contributed by atoms with Gasteiger partial charge in [-0.15, -0.1) is 0 Å². The summed E-state index contributed by atoms with van der Waals surface area (Å²) < 4.78 is 5.32. The van der Waals surface area contributed by atoms with Crippen LogP contribution in [-0.2, 0) is 0 Å². The Bertz CT molecular complexity index is 334. The topological polar surface area (TPSA) is 32.7 Å². The summed E-state index contributed by atoms with van der Waals surface area (Å²) in [4.78, 5) is 2.24. The van der Waals surface area contributed by atoms with E-state index in [1.54, 1.807) is 7.11 Å². The molecular weight excluding hydrogens is 190 g/mol. The summed E-state index contributed by atoms with van der Waals surface area (Å²) in [6.45, 7) is 3.67. The van der Waals surface area contributed by atoms with E-state index in [4.69, 9.17) is 4.74 Å². The van der Waals surface area contributed by atoms with Gasteiger partial charge in [0, 0.05) is 24.7 Å². The van der Waals surface area contributed by atoms with Crippen LogP contribution < -0.4 is 4.74 Å². The Balaban J connectivity index is 2.14. The predicted octanol–water partition coefficient (Wildman–Crippen LogP) is 1.43. The molecule has 1 heterocycles. The van der Waals surface area contributed by atoms with Gasteiger partial charge in [-0.05, 0) is 13.0 Å². The van der Waals surface area contributed by atoms with Crippen LogP contribution in [0.1, 0.15) is 18.5 Å². The maximum Gasteiger partial charge on any atom is 0.123 e. The molecule has 1 aromatic carbocycles. The molecule has 0 unspecified atom stereocenters. The summed E-state index contributed by atoms with van der Waals surface area (Å²) in [6, 6.07) is 8.35. The van der Waals surface area contributed by atoms with Crippen LogP contribution in [0.4, 0.5) is 0 Å². The molecule has 3 nitrogen and oxygen atoms in total. The van der Waals surface area contributed by atoms with E-state index in [-0.39, 0.29) is 6.10 Å². The highest BCUT2D eigenvalue weighted by molar-refractivity contribution is 5.35. The zero-order valence-electron chi connectivity index (χ0n) is 9.18. The second kappa shape index (κ2) is 4.21. The molecule has 0 spiro atoms. The molecule has 0 radical (unpaired) electrons. The maximum absolute atomic E-state index is 9.27. The monoisotopic (exact) mass is 207 g/mol. The first kappa shape index (κ1) is 10.5. The summed E-state index contributed by atoms with van der Waals surface area (Å²) in [7, 11) is 1.69. The van der Waals surface area contributed by atoms with Crippen LogP contribution in [0, 0.1) is 0 Å². The third-order valence-electron chi connectivity index (χ3n) is 3.03. The van der Waals surface area contributed by atoms with Gasteiger partial charge in [0.1, 0.15) is 5.75 Å². The zero-order valence-corrected chi connectivity index (χ0v) is 9.18. The van der Waals surface area contributed by atoms with Crippen LogP contribution in [0.2, 0.25) is 0 Å². The van der Waals surface area contributed by atoms with Gasteiger partial charge in [0.2, 0.25) is 0 Å². The first-order valence-electron chi connectivity index (χ1n) is 5.27. The third kappa shape index (κ3) is 1.98. The summed E-state index contributed by atoms with van der Waals surface area (Å²) in [5, 5.41) is 9.27. The number of methoxy groups -OCH3 is 1. The van der Waals surface area contributed by atoms with Crippen LogP contribution in [0.15, 0.2) is 24.3 Å². The standard InChI is InChI=1S/C12H17NO2/c1-9(13-7-10(14)8-13)11-5-3-4-6-12(11)15-2/h3-6,9-10,14H,7-8H2,1-2H3/t9-/m1/s1. The second-order valence-corrected chi connectivity index (χ2v) is 4.03. The normalized spacial score (nSPS) is 19.7. The van der Waals surface area contributed by atoms with Crippen molar-refractivity contribution in [3.63, 3.8) is 0 Å². The van der Waals surface area contributed by atoms with Crippen molar-refractivity contribution in [3.05, 3.63) is 29.8 Å². The molecule has 1 atom stereocenters. The molecule has 15 heavy (non-hydrogen) atoms. The molecule has 0 amide bonds. The van der Waals surface area contributed by atoms with Crippen molar-refractivity contribution in [1.29, 1.82) is 0 Å². The minimum atomic E-state index is -0.151. The lowest BCUT2D eigenvalue weighted by Crippen LogP contribution is -2.51. The molecule has 0 bridgehead atoms. The lowest BCUT2D eigenvalue weighted by Gasteiger charge is -2.40. The van der Waals surface area contributed by atoms with Gasteiger partial charge < -0.3 is 9.84 Å². The van der Waals surface area contributed by atoms with Gasteiger partial charge in [-0.3, -0.25) is 4.90 Å². The lowest BCUT2D eigenvalue weighted by molar-refractivity contribution is -0.0215. The SMILES string of the molecule is COc1ccccc1[C@@H](C)N1CC(O)C1. The van der Waals surface area contributed by atoms with Crippen LogP contribution in [-0.4, -0.2) is 36.3 Å². The summed E-state index contributed by atoms with van der Waals surface area (Å²) in [5.41, 5.74) is 1.19. The van der Waals surface area contributed by atoms with E-state index in [0.29, 0.717) is 6.04 Å². The van der Waals surface area contributed by atoms with E-state index in [9.17, 15) is 5.11 Å². The number of para-hydroxylation sites is 1. The minimum absolute atomic E-state index is 0.151. The third-order valence-corrected chi connectivity index (χ3v) is 3.03. The number of β-amino-alcohol motifs (C(OH)–C–C–N with tert-alkyl or cyclic N) is 1. The molecule has 1 saturated heterocycles. The van der Waals surface area contributed by atoms with Crippen LogP contribution in [0.3, 0.4) is 0 Å². The minimum Gasteiger partial charge on any atom is -0.496 e. The fraction of sp³-hybridized carbons (Fsp3) is 0.500. The maximum atomic E-state index is 9.27. The van der Waals surface area contributed by atoms with Crippen LogP contribution in [0.25, 0.3) is 0 Å². The van der Waals surface area contributed by atoms with E-state index in [1.807, 2.05) is 18.2 Å². The van der Waals surface area contributed by atoms with Crippen molar-refractivity contribution in [3.8, 4) is 5.75 Å². The first-order chi connectivity index (χ1) is 7.22. The van der Waals surface area contributed by atoms with Crippen LogP contribution in [0.5, 0.6) is 5.75 Å². The largest absolute Gasteiger partial charge is 0.496 e. The highest BCUT2D eigenvalue weighted by atomic mass is 16.5. The molecule has 3 heteroatoms. The smallest absolute Gasteiger partial charge is 0.123 e. The average molecular weight is 207 g/mol. The van der Waals surface area contributed by atoms with Gasteiger partial charge in [0.15, 0.2) is 0 Å².